The molecule has 1 saturated heterocycles. The molecule has 16 heavy (non-hydrogen) atoms. The lowest BCUT2D eigenvalue weighted by molar-refractivity contribution is -0.150. The molecule has 0 aromatic heterocycles. The summed E-state index contributed by atoms with van der Waals surface area (Å²) in [5, 5.41) is 0. The molecule has 5 heteroatoms. The van der Waals surface area contributed by atoms with E-state index in [1.165, 1.54) is 6.42 Å². The highest BCUT2D eigenvalue weighted by molar-refractivity contribution is 6.47. The topological polar surface area (TPSA) is 44.5 Å². The van der Waals surface area contributed by atoms with Crippen molar-refractivity contribution in [2.24, 2.45) is 23.0 Å². The fraction of sp³-hybridized carbons (Fsp3) is 1.00. The normalized spacial score (nSPS) is 45.4. The third kappa shape index (κ3) is 1.54. The van der Waals surface area contributed by atoms with Gasteiger partial charge in [-0.1, -0.05) is 20.8 Å². The van der Waals surface area contributed by atoms with Crippen LogP contribution in [-0.4, -0.2) is 25.3 Å². The Labute approximate surface area is 104 Å². The van der Waals surface area contributed by atoms with Gasteiger partial charge in [-0.05, 0) is 30.1 Å². The molecule has 4 fully saturated rings. The van der Waals surface area contributed by atoms with Crippen LogP contribution in [0.15, 0.2) is 0 Å². The van der Waals surface area contributed by atoms with E-state index in [0.717, 1.165) is 12.3 Å². The molecule has 3 unspecified atom stereocenters. The molecule has 92 valence electrons. The van der Waals surface area contributed by atoms with Crippen LogP contribution in [0.1, 0.15) is 33.6 Å². The molecule has 2 N–H and O–H groups in total. The van der Waals surface area contributed by atoms with Gasteiger partial charge in [0.15, 0.2) is 0 Å². The lowest BCUT2D eigenvalue weighted by Crippen LogP contribution is -2.59. The number of rotatable bonds is 1. The lowest BCUT2D eigenvalue weighted by atomic mass is 9.47. The van der Waals surface area contributed by atoms with Crippen LogP contribution in [0, 0.1) is 17.3 Å². The van der Waals surface area contributed by atoms with Gasteiger partial charge >= 0.3 is 7.12 Å². The summed E-state index contributed by atoms with van der Waals surface area (Å²) in [6.07, 6.45) is 3.11. The van der Waals surface area contributed by atoms with Crippen LogP contribution in [0.4, 0.5) is 0 Å². The zero-order valence-corrected chi connectivity index (χ0v) is 11.0. The van der Waals surface area contributed by atoms with E-state index in [-0.39, 0.29) is 25.5 Å². The highest BCUT2D eigenvalue weighted by Crippen LogP contribution is 2.61. The maximum Gasteiger partial charge on any atom is 0.475 e. The van der Waals surface area contributed by atoms with Crippen molar-refractivity contribution in [2.75, 3.05) is 0 Å². The summed E-state index contributed by atoms with van der Waals surface area (Å²) in [5.41, 5.74) is 6.28. The molecule has 4 aliphatic rings. The first-order chi connectivity index (χ1) is 7.00. The third-order valence-electron chi connectivity index (χ3n) is 4.86. The monoisotopic (exact) mass is 245 g/mol. The van der Waals surface area contributed by atoms with Crippen molar-refractivity contribution in [3.8, 4) is 0 Å². The van der Waals surface area contributed by atoms with Gasteiger partial charge in [0.25, 0.3) is 0 Å². The molecule has 3 saturated carbocycles. The van der Waals surface area contributed by atoms with Gasteiger partial charge in [-0.3, -0.25) is 0 Å². The van der Waals surface area contributed by atoms with E-state index in [0.29, 0.717) is 23.5 Å². The second kappa shape index (κ2) is 3.87. The summed E-state index contributed by atoms with van der Waals surface area (Å²) < 4.78 is 11.8. The first kappa shape index (κ1) is 12.7. The van der Waals surface area contributed by atoms with Gasteiger partial charge in [0, 0.05) is 5.94 Å². The van der Waals surface area contributed by atoms with E-state index in [9.17, 15) is 0 Å². The number of hydrogen-bond donors (Lipinski definition) is 1. The minimum Gasteiger partial charge on any atom is -0.405 e. The molecule has 0 radical (unpaired) electrons. The molecule has 2 bridgehead atoms. The third-order valence-corrected chi connectivity index (χ3v) is 4.86. The summed E-state index contributed by atoms with van der Waals surface area (Å²) in [5.74, 6) is 1.50. The van der Waals surface area contributed by atoms with E-state index >= 15 is 0 Å². The average molecular weight is 246 g/mol. The van der Waals surface area contributed by atoms with Crippen LogP contribution < -0.4 is 5.73 Å². The van der Waals surface area contributed by atoms with E-state index < -0.39 is 0 Å². The molecule has 0 aromatic carbocycles. The van der Waals surface area contributed by atoms with Crippen LogP contribution in [0.25, 0.3) is 0 Å². The van der Waals surface area contributed by atoms with Crippen molar-refractivity contribution < 1.29 is 9.31 Å². The smallest absolute Gasteiger partial charge is 0.405 e. The molecule has 0 spiro atoms. The maximum atomic E-state index is 5.97. The van der Waals surface area contributed by atoms with Gasteiger partial charge in [0.2, 0.25) is 0 Å². The maximum absolute atomic E-state index is 5.97. The standard InChI is InChI=1S/C11H20BNO2.ClH/c1-6(13)12-14-9-5-7-4-8(10(9)15-12)11(7,2)3;/h6-10H,4-5,13H2,1-3H3;1H/t6?,7?,8?,9-,10+;/m1./s1. The molecular weight excluding hydrogens is 224 g/mol. The van der Waals surface area contributed by atoms with Crippen molar-refractivity contribution >= 4 is 19.5 Å². The van der Waals surface area contributed by atoms with Crippen LogP contribution in [0.5, 0.6) is 0 Å². The summed E-state index contributed by atoms with van der Waals surface area (Å²) in [4.78, 5) is 0. The Balaban J connectivity index is 0.000000963. The largest absolute Gasteiger partial charge is 0.475 e. The zero-order valence-electron chi connectivity index (χ0n) is 10.2. The molecule has 3 aliphatic carbocycles. The minimum atomic E-state index is -0.171. The van der Waals surface area contributed by atoms with Crippen molar-refractivity contribution in [1.82, 2.24) is 0 Å². The molecule has 1 heterocycles. The Kier molecular flexibility index (Phi) is 3.07. The van der Waals surface area contributed by atoms with Gasteiger partial charge < -0.3 is 15.0 Å². The quantitative estimate of drug-likeness (QED) is 0.714. The first-order valence-corrected chi connectivity index (χ1v) is 6.06. The minimum absolute atomic E-state index is 0. The number of hydrogen-bond acceptors (Lipinski definition) is 3. The predicted octanol–water partition coefficient (Wildman–Crippen LogP) is 1.63. The van der Waals surface area contributed by atoms with Crippen molar-refractivity contribution in [2.45, 2.75) is 51.8 Å². The molecule has 5 atom stereocenters. The molecule has 0 amide bonds. The zero-order chi connectivity index (χ0) is 10.8. The second-order valence-electron chi connectivity index (χ2n) is 6.10. The Morgan fingerprint density at radius 3 is 2.56 bits per heavy atom. The van der Waals surface area contributed by atoms with E-state index in [1.807, 2.05) is 6.92 Å². The fourth-order valence-electron chi connectivity index (χ4n) is 3.61. The van der Waals surface area contributed by atoms with Gasteiger partial charge in [0.05, 0.1) is 12.2 Å². The summed E-state index contributed by atoms with van der Waals surface area (Å²) in [6, 6.07) is 0. The Bertz CT molecular complexity index is 287. The first-order valence-electron chi connectivity index (χ1n) is 6.06. The molecule has 3 nitrogen and oxygen atoms in total. The van der Waals surface area contributed by atoms with Crippen LogP contribution >= 0.6 is 12.4 Å². The van der Waals surface area contributed by atoms with Gasteiger partial charge in [-0.25, -0.2) is 0 Å². The highest BCUT2D eigenvalue weighted by Gasteiger charge is 2.62. The Morgan fingerprint density at radius 1 is 1.31 bits per heavy atom. The molecule has 0 aromatic rings. The molecule has 1 aliphatic heterocycles. The van der Waals surface area contributed by atoms with E-state index in [1.54, 1.807) is 0 Å². The Morgan fingerprint density at radius 2 is 2.00 bits per heavy atom. The average Bonchev–Trinajstić information content (AvgIpc) is 2.59. The van der Waals surface area contributed by atoms with Crippen LogP contribution in [0.3, 0.4) is 0 Å². The van der Waals surface area contributed by atoms with Gasteiger partial charge in [0.1, 0.15) is 0 Å². The van der Waals surface area contributed by atoms with E-state index in [2.05, 4.69) is 13.8 Å². The number of nitrogens with two attached hydrogens (primary N) is 1. The number of halogens is 1. The van der Waals surface area contributed by atoms with Crippen molar-refractivity contribution in [3.63, 3.8) is 0 Å². The SMILES string of the molecule is CC(N)B1O[C@@H]2CC3CC([C@@H]2O1)C3(C)C.Cl. The van der Waals surface area contributed by atoms with Crippen molar-refractivity contribution in [1.29, 1.82) is 0 Å². The summed E-state index contributed by atoms with van der Waals surface area (Å²) in [7, 11) is -0.171. The molecular formula is C11H21BClNO2. The highest BCUT2D eigenvalue weighted by atomic mass is 35.5. The van der Waals surface area contributed by atoms with Gasteiger partial charge in [-0.2, -0.15) is 0 Å². The molecule has 4 rings (SSSR count). The summed E-state index contributed by atoms with van der Waals surface area (Å²) >= 11 is 0. The van der Waals surface area contributed by atoms with E-state index in [4.69, 9.17) is 15.0 Å². The van der Waals surface area contributed by atoms with Crippen LogP contribution in [0.2, 0.25) is 0 Å². The fourth-order valence-corrected chi connectivity index (χ4v) is 3.61. The summed E-state index contributed by atoms with van der Waals surface area (Å²) in [6.45, 7) is 6.69. The van der Waals surface area contributed by atoms with Gasteiger partial charge in [-0.15, -0.1) is 12.4 Å². The second-order valence-corrected chi connectivity index (χ2v) is 6.10. The lowest BCUT2D eigenvalue weighted by Gasteiger charge is -2.60. The predicted molar refractivity (Wildman–Crippen MR) is 66.4 cm³/mol. The van der Waals surface area contributed by atoms with Crippen molar-refractivity contribution in [3.05, 3.63) is 0 Å². The Hall–Kier alpha value is 0.235. The van der Waals surface area contributed by atoms with Crippen LogP contribution in [-0.2, 0) is 9.31 Å².